The molecule has 2 aliphatic rings. The number of hydrogen-bond donors (Lipinski definition) is 2. The Labute approximate surface area is 128 Å². The highest BCUT2D eigenvalue weighted by Gasteiger charge is 2.27. The molecule has 21 heavy (non-hydrogen) atoms. The van der Waals surface area contributed by atoms with E-state index in [0.29, 0.717) is 23.6 Å². The van der Waals surface area contributed by atoms with Crippen LogP contribution in [0.4, 0.5) is 9.93 Å². The topological polar surface area (TPSA) is 79.4 Å². The highest BCUT2D eigenvalue weighted by atomic mass is 32.1. The Morgan fingerprint density at radius 3 is 2.90 bits per heavy atom. The third-order valence-corrected chi connectivity index (χ3v) is 4.82. The molecule has 2 N–H and O–H groups in total. The van der Waals surface area contributed by atoms with E-state index in [1.807, 2.05) is 0 Å². The number of carbonyl (C=O) groups is 1. The van der Waals surface area contributed by atoms with E-state index in [4.69, 9.17) is 4.74 Å². The van der Waals surface area contributed by atoms with Crippen molar-refractivity contribution < 1.29 is 9.53 Å². The summed E-state index contributed by atoms with van der Waals surface area (Å²) in [5, 5.41) is 15.4. The SMILES string of the molecule is C[C@H](CNC(=O)Nc1nnc(C2CC2)s1)N1CCOCC1. The lowest BCUT2D eigenvalue weighted by Gasteiger charge is -2.32. The molecule has 1 aliphatic heterocycles. The molecular formula is C13H21N5O2S. The van der Waals surface area contributed by atoms with Gasteiger partial charge in [-0.2, -0.15) is 0 Å². The lowest BCUT2D eigenvalue weighted by atomic mass is 10.2. The summed E-state index contributed by atoms with van der Waals surface area (Å²) in [6, 6.07) is 0.0877. The summed E-state index contributed by atoms with van der Waals surface area (Å²) in [5.41, 5.74) is 0. The molecule has 1 aliphatic carbocycles. The zero-order valence-corrected chi connectivity index (χ0v) is 13.0. The van der Waals surface area contributed by atoms with E-state index in [1.165, 1.54) is 24.2 Å². The lowest BCUT2D eigenvalue weighted by molar-refractivity contribution is 0.0209. The van der Waals surface area contributed by atoms with Gasteiger partial charge in [0.2, 0.25) is 5.13 Å². The fourth-order valence-electron chi connectivity index (χ4n) is 2.31. The Balaban J connectivity index is 1.40. The Bertz CT molecular complexity index is 485. The van der Waals surface area contributed by atoms with Crippen LogP contribution in [0.3, 0.4) is 0 Å². The van der Waals surface area contributed by atoms with Gasteiger partial charge in [0.25, 0.3) is 0 Å². The van der Waals surface area contributed by atoms with Crippen LogP contribution in [0.5, 0.6) is 0 Å². The number of aromatic nitrogens is 2. The summed E-state index contributed by atoms with van der Waals surface area (Å²) in [6.07, 6.45) is 2.38. The van der Waals surface area contributed by atoms with Gasteiger partial charge in [-0.3, -0.25) is 10.2 Å². The Morgan fingerprint density at radius 2 is 2.19 bits per heavy atom. The van der Waals surface area contributed by atoms with Gasteiger partial charge in [-0.15, -0.1) is 10.2 Å². The molecule has 0 radical (unpaired) electrons. The van der Waals surface area contributed by atoms with Crippen LogP contribution in [0.2, 0.25) is 0 Å². The second-order valence-corrected chi connectivity index (χ2v) is 6.56. The molecule has 0 bridgehead atoms. The van der Waals surface area contributed by atoms with Gasteiger partial charge in [-0.1, -0.05) is 11.3 Å². The van der Waals surface area contributed by atoms with Crippen molar-refractivity contribution in [3.63, 3.8) is 0 Å². The molecular weight excluding hydrogens is 290 g/mol. The van der Waals surface area contributed by atoms with Gasteiger partial charge in [-0.25, -0.2) is 4.79 Å². The van der Waals surface area contributed by atoms with Crippen molar-refractivity contribution in [2.75, 3.05) is 38.2 Å². The second kappa shape index (κ2) is 6.67. The third-order valence-electron chi connectivity index (χ3n) is 3.81. The average Bonchev–Trinajstić information content (AvgIpc) is 3.26. The molecule has 0 spiro atoms. The van der Waals surface area contributed by atoms with Crippen molar-refractivity contribution in [3.8, 4) is 0 Å². The minimum absolute atomic E-state index is 0.214. The third kappa shape index (κ3) is 4.12. The normalized spacial score (nSPS) is 21.0. The Morgan fingerprint density at radius 1 is 1.43 bits per heavy atom. The van der Waals surface area contributed by atoms with E-state index in [0.717, 1.165) is 31.3 Å². The zero-order valence-electron chi connectivity index (χ0n) is 12.2. The fraction of sp³-hybridized carbons (Fsp3) is 0.769. The molecule has 1 aromatic heterocycles. The first-order valence-electron chi connectivity index (χ1n) is 7.42. The highest BCUT2D eigenvalue weighted by molar-refractivity contribution is 7.15. The lowest BCUT2D eigenvalue weighted by Crippen LogP contribution is -2.47. The maximum absolute atomic E-state index is 11.9. The van der Waals surface area contributed by atoms with Crippen LogP contribution in [-0.4, -0.2) is 60.0 Å². The number of ether oxygens (including phenoxy) is 1. The smallest absolute Gasteiger partial charge is 0.321 e. The number of morpholine rings is 1. The number of amides is 2. The predicted molar refractivity (Wildman–Crippen MR) is 80.8 cm³/mol. The van der Waals surface area contributed by atoms with Crippen LogP contribution in [0, 0.1) is 0 Å². The number of anilines is 1. The maximum atomic E-state index is 11.9. The minimum atomic E-state index is -0.214. The van der Waals surface area contributed by atoms with Crippen molar-refractivity contribution >= 4 is 22.5 Å². The van der Waals surface area contributed by atoms with Crippen LogP contribution in [0.25, 0.3) is 0 Å². The van der Waals surface area contributed by atoms with Crippen LogP contribution >= 0.6 is 11.3 Å². The van der Waals surface area contributed by atoms with Crippen LogP contribution in [0.1, 0.15) is 30.7 Å². The molecule has 8 heteroatoms. The van der Waals surface area contributed by atoms with Crippen molar-refractivity contribution in [2.24, 2.45) is 0 Å². The standard InChI is InChI=1S/C13H21N5O2S/c1-9(18-4-6-20-7-5-18)8-14-12(19)15-13-17-16-11(21-13)10-2-3-10/h9-10H,2-8H2,1H3,(H2,14,15,17,19)/t9-/m1/s1. The number of urea groups is 1. The summed E-state index contributed by atoms with van der Waals surface area (Å²) in [4.78, 5) is 14.2. The number of rotatable bonds is 5. The average molecular weight is 311 g/mol. The van der Waals surface area contributed by atoms with Crippen LogP contribution in [0.15, 0.2) is 0 Å². The van der Waals surface area contributed by atoms with Gasteiger partial charge >= 0.3 is 6.03 Å². The van der Waals surface area contributed by atoms with Gasteiger partial charge in [0.15, 0.2) is 0 Å². The molecule has 0 aromatic carbocycles. The molecule has 7 nitrogen and oxygen atoms in total. The summed E-state index contributed by atoms with van der Waals surface area (Å²) >= 11 is 1.47. The van der Waals surface area contributed by atoms with Gasteiger partial charge in [-0.05, 0) is 19.8 Å². The molecule has 1 aromatic rings. The van der Waals surface area contributed by atoms with E-state index < -0.39 is 0 Å². The first-order valence-corrected chi connectivity index (χ1v) is 8.24. The fourth-order valence-corrected chi connectivity index (χ4v) is 3.22. The molecule has 3 rings (SSSR count). The van der Waals surface area contributed by atoms with Crippen LogP contribution in [-0.2, 0) is 4.74 Å². The van der Waals surface area contributed by atoms with E-state index in [1.54, 1.807) is 0 Å². The van der Waals surface area contributed by atoms with Gasteiger partial charge < -0.3 is 10.1 Å². The summed E-state index contributed by atoms with van der Waals surface area (Å²) < 4.78 is 5.33. The number of hydrogen-bond acceptors (Lipinski definition) is 6. The largest absolute Gasteiger partial charge is 0.379 e. The predicted octanol–water partition coefficient (Wildman–Crippen LogP) is 1.26. The maximum Gasteiger partial charge on any atom is 0.321 e. The first kappa shape index (κ1) is 14.7. The van der Waals surface area contributed by atoms with E-state index >= 15 is 0 Å². The van der Waals surface area contributed by atoms with E-state index in [9.17, 15) is 4.79 Å². The minimum Gasteiger partial charge on any atom is -0.379 e. The van der Waals surface area contributed by atoms with Gasteiger partial charge in [0.05, 0.1) is 13.2 Å². The highest BCUT2D eigenvalue weighted by Crippen LogP contribution is 2.41. The van der Waals surface area contributed by atoms with Crippen molar-refractivity contribution in [2.45, 2.75) is 31.7 Å². The van der Waals surface area contributed by atoms with Gasteiger partial charge in [0, 0.05) is 31.6 Å². The summed E-state index contributed by atoms with van der Waals surface area (Å²) in [5.74, 6) is 0.572. The van der Waals surface area contributed by atoms with Crippen molar-refractivity contribution in [3.05, 3.63) is 5.01 Å². The number of nitrogens with zero attached hydrogens (tertiary/aromatic N) is 3. The van der Waals surface area contributed by atoms with Crippen molar-refractivity contribution in [1.29, 1.82) is 0 Å². The molecule has 2 amide bonds. The molecule has 2 heterocycles. The van der Waals surface area contributed by atoms with Crippen molar-refractivity contribution in [1.82, 2.24) is 20.4 Å². The summed E-state index contributed by atoms with van der Waals surface area (Å²) in [7, 11) is 0. The molecule has 1 saturated heterocycles. The zero-order chi connectivity index (χ0) is 14.7. The first-order chi connectivity index (χ1) is 10.2. The molecule has 0 unspecified atom stereocenters. The van der Waals surface area contributed by atoms with Crippen LogP contribution < -0.4 is 10.6 Å². The summed E-state index contributed by atoms with van der Waals surface area (Å²) in [6.45, 7) is 6.11. The molecule has 1 atom stereocenters. The molecule has 1 saturated carbocycles. The van der Waals surface area contributed by atoms with E-state index in [-0.39, 0.29) is 6.03 Å². The molecule has 2 fully saturated rings. The number of carbonyl (C=O) groups excluding carboxylic acids is 1. The Hall–Kier alpha value is -1.25. The second-order valence-electron chi connectivity index (χ2n) is 5.55. The van der Waals surface area contributed by atoms with Gasteiger partial charge in [0.1, 0.15) is 5.01 Å². The van der Waals surface area contributed by atoms with E-state index in [2.05, 4.69) is 32.7 Å². The monoisotopic (exact) mass is 311 g/mol. The number of nitrogens with one attached hydrogen (secondary N) is 2. The molecule has 116 valence electrons. The Kier molecular flexibility index (Phi) is 4.67. The quantitative estimate of drug-likeness (QED) is 0.856.